The highest BCUT2D eigenvalue weighted by Gasteiger charge is 1.98. The first kappa shape index (κ1) is 7.89. The van der Waals surface area contributed by atoms with Crippen LogP contribution in [0.1, 0.15) is 0 Å². The van der Waals surface area contributed by atoms with Gasteiger partial charge in [-0.15, -0.1) is 0 Å². The minimum absolute atomic E-state index is 0.760. The Labute approximate surface area is 82.7 Å². The first-order valence-electron chi connectivity index (χ1n) is 3.41. The molecule has 0 spiro atoms. The monoisotopic (exact) mass is 240 g/mol. The van der Waals surface area contributed by atoms with Gasteiger partial charge in [-0.05, 0) is 12.1 Å². The third-order valence-electron chi connectivity index (χ3n) is 1.63. The maximum atomic E-state index is 5.13. The molecule has 0 saturated carbocycles. The molecule has 0 radical (unpaired) electrons. The summed E-state index contributed by atoms with van der Waals surface area (Å²) in [6.45, 7) is 0. The largest absolute Gasteiger partial charge is 0.278 e. The number of hydrogen-bond donors (Lipinski definition) is 1. The lowest BCUT2D eigenvalue weighted by atomic mass is 10.2. The van der Waals surface area contributed by atoms with Crippen LogP contribution in [-0.4, -0.2) is 10.2 Å². The molecule has 1 aromatic carbocycles. The molecule has 0 bridgehead atoms. The standard InChI is InChI=1S/C8H5BrN2S/c9-5-2-1-3-6-8(5)7(12)4-10-11-6/h1-4H,(H,11,12). The molecule has 2 nitrogen and oxygen atoms in total. The molecular weight excluding hydrogens is 236 g/mol. The van der Waals surface area contributed by atoms with Crippen molar-refractivity contribution in [2.24, 2.45) is 0 Å². The third-order valence-corrected chi connectivity index (χ3v) is 2.60. The van der Waals surface area contributed by atoms with Crippen molar-refractivity contribution < 1.29 is 0 Å². The Morgan fingerprint density at radius 3 is 3.00 bits per heavy atom. The molecule has 0 saturated heterocycles. The van der Waals surface area contributed by atoms with Crippen LogP contribution in [0.3, 0.4) is 0 Å². The van der Waals surface area contributed by atoms with E-state index >= 15 is 0 Å². The molecule has 0 unspecified atom stereocenters. The number of nitrogens with one attached hydrogen (secondary N) is 1. The van der Waals surface area contributed by atoms with Crippen LogP contribution in [0.15, 0.2) is 28.9 Å². The zero-order valence-corrected chi connectivity index (χ0v) is 8.45. The van der Waals surface area contributed by atoms with Crippen molar-refractivity contribution >= 4 is 39.1 Å². The zero-order valence-electron chi connectivity index (χ0n) is 6.04. The average Bonchev–Trinajstić information content (AvgIpc) is 2.04. The van der Waals surface area contributed by atoms with Gasteiger partial charge in [0.2, 0.25) is 0 Å². The van der Waals surface area contributed by atoms with Gasteiger partial charge in [0.25, 0.3) is 0 Å². The minimum atomic E-state index is 0.760. The van der Waals surface area contributed by atoms with Crippen LogP contribution >= 0.6 is 28.1 Å². The van der Waals surface area contributed by atoms with E-state index in [1.807, 2.05) is 18.2 Å². The average molecular weight is 241 g/mol. The van der Waals surface area contributed by atoms with E-state index < -0.39 is 0 Å². The summed E-state index contributed by atoms with van der Waals surface area (Å²) in [7, 11) is 0. The topological polar surface area (TPSA) is 28.7 Å². The Hall–Kier alpha value is -0.740. The van der Waals surface area contributed by atoms with Crippen molar-refractivity contribution in [1.82, 2.24) is 10.2 Å². The molecule has 0 fully saturated rings. The van der Waals surface area contributed by atoms with Crippen molar-refractivity contribution in [3.05, 3.63) is 33.4 Å². The van der Waals surface area contributed by atoms with E-state index in [0.717, 1.165) is 19.9 Å². The molecule has 0 aliphatic rings. The first-order chi connectivity index (χ1) is 5.79. The van der Waals surface area contributed by atoms with Crippen LogP contribution in [0.4, 0.5) is 0 Å². The number of aromatic amines is 1. The summed E-state index contributed by atoms with van der Waals surface area (Å²) in [4.78, 5) is 0. The van der Waals surface area contributed by atoms with Gasteiger partial charge in [0, 0.05) is 9.86 Å². The highest BCUT2D eigenvalue weighted by Crippen LogP contribution is 2.22. The quantitative estimate of drug-likeness (QED) is 0.718. The van der Waals surface area contributed by atoms with Crippen molar-refractivity contribution in [3.8, 4) is 0 Å². The minimum Gasteiger partial charge on any atom is -0.278 e. The van der Waals surface area contributed by atoms with Crippen LogP contribution in [0.2, 0.25) is 0 Å². The van der Waals surface area contributed by atoms with Gasteiger partial charge in [0.05, 0.1) is 16.2 Å². The van der Waals surface area contributed by atoms with Gasteiger partial charge in [-0.3, -0.25) is 5.10 Å². The highest BCUT2D eigenvalue weighted by atomic mass is 79.9. The molecule has 12 heavy (non-hydrogen) atoms. The number of benzene rings is 1. The van der Waals surface area contributed by atoms with E-state index in [1.54, 1.807) is 6.20 Å². The third kappa shape index (κ3) is 1.17. The molecule has 0 aliphatic carbocycles. The van der Waals surface area contributed by atoms with Gasteiger partial charge in [0.1, 0.15) is 0 Å². The number of H-pyrrole nitrogens is 1. The fourth-order valence-corrected chi connectivity index (χ4v) is 2.08. The van der Waals surface area contributed by atoms with Crippen LogP contribution in [-0.2, 0) is 0 Å². The highest BCUT2D eigenvalue weighted by molar-refractivity contribution is 9.10. The Bertz CT molecular complexity index is 472. The molecule has 60 valence electrons. The van der Waals surface area contributed by atoms with E-state index in [9.17, 15) is 0 Å². The lowest BCUT2D eigenvalue weighted by Gasteiger charge is -1.98. The summed E-state index contributed by atoms with van der Waals surface area (Å²) in [5, 5.41) is 7.81. The second-order valence-electron chi connectivity index (χ2n) is 2.40. The fourth-order valence-electron chi connectivity index (χ4n) is 1.09. The molecule has 4 heteroatoms. The second-order valence-corrected chi connectivity index (χ2v) is 3.69. The Kier molecular flexibility index (Phi) is 1.94. The maximum Gasteiger partial charge on any atom is 0.0683 e. The number of aromatic nitrogens is 2. The smallest absolute Gasteiger partial charge is 0.0683 e. The summed E-state index contributed by atoms with van der Waals surface area (Å²) >= 11 is 8.56. The lowest BCUT2D eigenvalue weighted by Crippen LogP contribution is -1.83. The summed E-state index contributed by atoms with van der Waals surface area (Å²) in [6.07, 6.45) is 1.64. The van der Waals surface area contributed by atoms with Crippen molar-refractivity contribution in [2.45, 2.75) is 0 Å². The van der Waals surface area contributed by atoms with Gasteiger partial charge in [0.15, 0.2) is 0 Å². The van der Waals surface area contributed by atoms with Crippen LogP contribution in [0, 0.1) is 4.51 Å². The maximum absolute atomic E-state index is 5.13. The number of hydrogen-bond acceptors (Lipinski definition) is 2. The number of halogens is 1. The molecule has 1 aromatic heterocycles. The van der Waals surface area contributed by atoms with Gasteiger partial charge >= 0.3 is 0 Å². The molecular formula is C8H5BrN2S. The molecule has 0 amide bonds. The lowest BCUT2D eigenvalue weighted by molar-refractivity contribution is 1.07. The Morgan fingerprint density at radius 2 is 2.25 bits per heavy atom. The van der Waals surface area contributed by atoms with Gasteiger partial charge in [-0.1, -0.05) is 34.2 Å². The summed E-state index contributed by atoms with van der Waals surface area (Å²) in [5.74, 6) is 0. The van der Waals surface area contributed by atoms with Gasteiger partial charge < -0.3 is 0 Å². The Balaban J connectivity index is 3.07. The summed E-state index contributed by atoms with van der Waals surface area (Å²) in [5.41, 5.74) is 0.955. The molecule has 1 heterocycles. The SMILES string of the molecule is S=c1cn[nH]c2cccc(Br)c12. The zero-order chi connectivity index (χ0) is 8.55. The van der Waals surface area contributed by atoms with E-state index in [-0.39, 0.29) is 0 Å². The molecule has 2 aromatic rings. The fraction of sp³-hybridized carbons (Fsp3) is 0. The van der Waals surface area contributed by atoms with Crippen LogP contribution < -0.4 is 0 Å². The molecule has 0 atom stereocenters. The van der Waals surface area contributed by atoms with Crippen molar-refractivity contribution in [1.29, 1.82) is 0 Å². The van der Waals surface area contributed by atoms with E-state index in [1.165, 1.54) is 0 Å². The number of nitrogens with zero attached hydrogens (tertiary/aromatic N) is 1. The Morgan fingerprint density at radius 1 is 1.42 bits per heavy atom. The predicted molar refractivity (Wildman–Crippen MR) is 54.6 cm³/mol. The predicted octanol–water partition coefficient (Wildman–Crippen LogP) is 3.05. The normalized spacial score (nSPS) is 10.4. The number of rotatable bonds is 0. The number of fused-ring (bicyclic) bond motifs is 1. The molecule has 1 N–H and O–H groups in total. The second kappa shape index (κ2) is 2.95. The van der Waals surface area contributed by atoms with Gasteiger partial charge in [-0.25, -0.2) is 0 Å². The summed E-state index contributed by atoms with van der Waals surface area (Å²) < 4.78 is 1.76. The van der Waals surface area contributed by atoms with Crippen molar-refractivity contribution in [2.75, 3.05) is 0 Å². The molecule has 2 rings (SSSR count). The first-order valence-corrected chi connectivity index (χ1v) is 4.61. The molecule has 0 aliphatic heterocycles. The van der Waals surface area contributed by atoms with Crippen LogP contribution in [0.25, 0.3) is 10.9 Å². The van der Waals surface area contributed by atoms with Gasteiger partial charge in [-0.2, -0.15) is 5.10 Å². The van der Waals surface area contributed by atoms with Crippen molar-refractivity contribution in [3.63, 3.8) is 0 Å². The van der Waals surface area contributed by atoms with E-state index in [2.05, 4.69) is 26.1 Å². The van der Waals surface area contributed by atoms with E-state index in [4.69, 9.17) is 12.2 Å². The summed E-state index contributed by atoms with van der Waals surface area (Å²) in [6, 6.07) is 5.86. The van der Waals surface area contributed by atoms with E-state index in [0.29, 0.717) is 0 Å². The van der Waals surface area contributed by atoms with Crippen LogP contribution in [0.5, 0.6) is 0 Å².